The molecule has 0 fully saturated rings. The average Bonchev–Trinajstić information content (AvgIpc) is 2.08. The van der Waals surface area contributed by atoms with Gasteiger partial charge in [-0.05, 0) is 11.6 Å². The van der Waals surface area contributed by atoms with Crippen molar-refractivity contribution in [1.82, 2.24) is 0 Å². The fourth-order valence-electron chi connectivity index (χ4n) is 1.01. The Morgan fingerprint density at radius 3 is 2.50 bits per heavy atom. The zero-order valence-electron chi connectivity index (χ0n) is 7.56. The van der Waals surface area contributed by atoms with E-state index in [0.717, 1.165) is 6.92 Å². The highest BCUT2D eigenvalue weighted by Crippen LogP contribution is 2.25. The normalized spacial score (nSPS) is 11.4. The number of hydrogen-bond acceptors (Lipinski definition) is 1. The van der Waals surface area contributed by atoms with Gasteiger partial charge in [0.05, 0.1) is 0 Å². The Morgan fingerprint density at radius 1 is 1.43 bits per heavy atom. The van der Waals surface area contributed by atoms with Gasteiger partial charge in [0.15, 0.2) is 5.78 Å². The van der Waals surface area contributed by atoms with Crippen LogP contribution in [-0.2, 0) is 11.2 Å². The van der Waals surface area contributed by atoms with E-state index >= 15 is 0 Å². The van der Waals surface area contributed by atoms with Gasteiger partial charge in [-0.1, -0.05) is 34.1 Å². The van der Waals surface area contributed by atoms with E-state index in [0.29, 0.717) is 10.0 Å². The van der Waals surface area contributed by atoms with E-state index in [-0.39, 0.29) is 0 Å². The summed E-state index contributed by atoms with van der Waals surface area (Å²) in [5.74, 6) is -4.38. The first kappa shape index (κ1) is 11.3. The van der Waals surface area contributed by atoms with E-state index < -0.39 is 18.1 Å². The van der Waals surface area contributed by atoms with Crippen molar-refractivity contribution in [2.24, 2.45) is 0 Å². The van der Waals surface area contributed by atoms with Crippen LogP contribution in [0.5, 0.6) is 0 Å². The minimum Gasteiger partial charge on any atom is -0.293 e. The van der Waals surface area contributed by atoms with Crippen molar-refractivity contribution in [3.63, 3.8) is 0 Å². The van der Waals surface area contributed by atoms with Crippen molar-refractivity contribution in [2.45, 2.75) is 19.3 Å². The van der Waals surface area contributed by atoms with Crippen molar-refractivity contribution in [2.75, 3.05) is 0 Å². The Kier molecular flexibility index (Phi) is 3.37. The zero-order valence-corrected chi connectivity index (χ0v) is 9.14. The molecule has 0 aromatic heterocycles. The van der Waals surface area contributed by atoms with Crippen molar-refractivity contribution >= 4 is 21.7 Å². The molecule has 1 nitrogen and oxygen atoms in total. The van der Waals surface area contributed by atoms with Gasteiger partial charge in [-0.3, -0.25) is 4.79 Å². The van der Waals surface area contributed by atoms with E-state index in [1.165, 1.54) is 0 Å². The minimum absolute atomic E-state index is 0.438. The van der Waals surface area contributed by atoms with Crippen LogP contribution in [0.1, 0.15) is 12.5 Å². The fourth-order valence-corrected chi connectivity index (χ4v) is 1.43. The Bertz CT molecular complexity index is 350. The molecule has 0 aliphatic heterocycles. The number of Topliss-reactive ketones (excluding diaryl/α,β-unsaturated/α-hetero) is 1. The van der Waals surface area contributed by atoms with Gasteiger partial charge < -0.3 is 0 Å². The van der Waals surface area contributed by atoms with Crippen LogP contribution < -0.4 is 0 Å². The lowest BCUT2D eigenvalue weighted by Gasteiger charge is -2.13. The number of carbonyl (C=O) groups excluding carboxylic acids is 1. The quantitative estimate of drug-likeness (QED) is 0.818. The molecular weight excluding hydrogens is 254 g/mol. The second-order valence-electron chi connectivity index (χ2n) is 3.03. The molecule has 0 saturated carbocycles. The second-order valence-corrected chi connectivity index (χ2v) is 3.88. The van der Waals surface area contributed by atoms with Gasteiger partial charge in [0.2, 0.25) is 0 Å². The van der Waals surface area contributed by atoms with E-state index in [2.05, 4.69) is 15.9 Å². The summed E-state index contributed by atoms with van der Waals surface area (Å²) >= 11 is 3.15. The molecule has 0 amide bonds. The third kappa shape index (κ3) is 2.61. The molecule has 0 saturated heterocycles. The predicted octanol–water partition coefficient (Wildman–Crippen LogP) is 3.22. The minimum atomic E-state index is -3.27. The molecular formula is C10H9BrF2O. The fraction of sp³-hybridized carbons (Fsp3) is 0.300. The Morgan fingerprint density at radius 2 is 2.00 bits per heavy atom. The molecule has 0 heterocycles. The Hall–Kier alpha value is -0.770. The molecule has 0 N–H and O–H groups in total. The van der Waals surface area contributed by atoms with Gasteiger partial charge in [0.25, 0.3) is 0 Å². The summed E-state index contributed by atoms with van der Waals surface area (Å²) in [5, 5.41) is 0. The van der Waals surface area contributed by atoms with Crippen molar-refractivity contribution in [1.29, 1.82) is 0 Å². The van der Waals surface area contributed by atoms with Crippen LogP contribution in [0.15, 0.2) is 28.7 Å². The maximum Gasteiger partial charge on any atom is 0.308 e. The van der Waals surface area contributed by atoms with Gasteiger partial charge in [-0.2, -0.15) is 8.78 Å². The molecule has 14 heavy (non-hydrogen) atoms. The van der Waals surface area contributed by atoms with Crippen LogP contribution in [0.3, 0.4) is 0 Å². The summed E-state index contributed by atoms with van der Waals surface area (Å²) in [6.07, 6.45) is -0.552. The van der Waals surface area contributed by atoms with Crippen LogP contribution in [0.25, 0.3) is 0 Å². The van der Waals surface area contributed by atoms with Gasteiger partial charge in [0.1, 0.15) is 0 Å². The molecule has 0 aliphatic carbocycles. The summed E-state index contributed by atoms with van der Waals surface area (Å²) < 4.78 is 26.7. The predicted molar refractivity (Wildman–Crippen MR) is 53.5 cm³/mol. The topological polar surface area (TPSA) is 17.1 Å². The highest BCUT2D eigenvalue weighted by Gasteiger charge is 2.35. The lowest BCUT2D eigenvalue weighted by Crippen LogP contribution is -2.28. The lowest BCUT2D eigenvalue weighted by molar-refractivity contribution is -0.140. The largest absolute Gasteiger partial charge is 0.308 e. The molecule has 0 aliphatic rings. The average molecular weight is 263 g/mol. The number of halogens is 3. The van der Waals surface area contributed by atoms with Crippen LogP contribution in [0, 0.1) is 0 Å². The first-order valence-electron chi connectivity index (χ1n) is 4.06. The Labute approximate surface area is 89.3 Å². The van der Waals surface area contributed by atoms with E-state index in [1.54, 1.807) is 24.3 Å². The van der Waals surface area contributed by atoms with E-state index in [9.17, 15) is 13.6 Å². The van der Waals surface area contributed by atoms with Crippen molar-refractivity contribution < 1.29 is 13.6 Å². The molecule has 1 aromatic carbocycles. The van der Waals surface area contributed by atoms with Gasteiger partial charge in [-0.25, -0.2) is 0 Å². The molecule has 76 valence electrons. The van der Waals surface area contributed by atoms with Crippen LogP contribution in [-0.4, -0.2) is 11.7 Å². The number of rotatable bonds is 3. The van der Waals surface area contributed by atoms with Gasteiger partial charge in [-0.15, -0.1) is 0 Å². The molecule has 0 unspecified atom stereocenters. The number of benzene rings is 1. The highest BCUT2D eigenvalue weighted by molar-refractivity contribution is 9.10. The van der Waals surface area contributed by atoms with E-state index in [1.807, 2.05) is 0 Å². The zero-order chi connectivity index (χ0) is 10.8. The second kappa shape index (κ2) is 4.17. The maximum atomic E-state index is 13.0. The van der Waals surface area contributed by atoms with Crippen molar-refractivity contribution in [3.8, 4) is 0 Å². The third-order valence-corrected chi connectivity index (χ3v) is 2.66. The number of carbonyl (C=O) groups is 1. The van der Waals surface area contributed by atoms with Gasteiger partial charge >= 0.3 is 5.92 Å². The van der Waals surface area contributed by atoms with E-state index in [4.69, 9.17) is 0 Å². The van der Waals surface area contributed by atoms with Crippen molar-refractivity contribution in [3.05, 3.63) is 34.3 Å². The van der Waals surface area contributed by atoms with Gasteiger partial charge in [0, 0.05) is 17.8 Å². The Balaban J connectivity index is 2.89. The smallest absolute Gasteiger partial charge is 0.293 e. The van der Waals surface area contributed by atoms with Crippen LogP contribution in [0.4, 0.5) is 8.78 Å². The van der Waals surface area contributed by atoms with Crippen LogP contribution in [0.2, 0.25) is 0 Å². The first-order chi connectivity index (χ1) is 6.43. The lowest BCUT2D eigenvalue weighted by atomic mass is 10.1. The molecule has 0 spiro atoms. The summed E-state index contributed by atoms with van der Waals surface area (Å²) in [6.45, 7) is 0.900. The molecule has 0 radical (unpaired) electrons. The number of hydrogen-bond donors (Lipinski definition) is 0. The summed E-state index contributed by atoms with van der Waals surface area (Å²) in [5.41, 5.74) is 0.438. The first-order valence-corrected chi connectivity index (χ1v) is 4.85. The molecule has 1 rings (SSSR count). The summed E-state index contributed by atoms with van der Waals surface area (Å²) in [6, 6.07) is 6.64. The number of alkyl halides is 2. The molecule has 0 bridgehead atoms. The summed E-state index contributed by atoms with van der Waals surface area (Å²) in [4.78, 5) is 10.6. The monoisotopic (exact) mass is 262 g/mol. The maximum absolute atomic E-state index is 13.0. The molecule has 1 aromatic rings. The van der Waals surface area contributed by atoms with Crippen LogP contribution >= 0.6 is 15.9 Å². The standard InChI is InChI=1S/C10H9BrF2O/c1-7(14)10(12,13)6-8-4-2-3-5-9(8)11/h2-5H,6H2,1H3. The number of ketones is 1. The molecule has 4 heteroatoms. The summed E-state index contributed by atoms with van der Waals surface area (Å²) in [7, 11) is 0. The SMILES string of the molecule is CC(=O)C(F)(F)Cc1ccccc1Br. The highest BCUT2D eigenvalue weighted by atomic mass is 79.9. The molecule has 0 atom stereocenters. The third-order valence-electron chi connectivity index (χ3n) is 1.89.